The van der Waals surface area contributed by atoms with E-state index in [0.717, 1.165) is 6.92 Å². The summed E-state index contributed by atoms with van der Waals surface area (Å²) in [6, 6.07) is 0. The van der Waals surface area contributed by atoms with E-state index < -0.39 is 17.9 Å². The highest BCUT2D eigenvalue weighted by molar-refractivity contribution is 5.93. The first-order chi connectivity index (χ1) is 5.99. The van der Waals surface area contributed by atoms with Crippen LogP contribution in [0.4, 0.5) is 4.79 Å². The van der Waals surface area contributed by atoms with Gasteiger partial charge in [0.1, 0.15) is 0 Å². The molecule has 0 radical (unpaired) electrons. The summed E-state index contributed by atoms with van der Waals surface area (Å²) in [6.45, 7) is 2.87. The Balaban J connectivity index is 4.32. The molecule has 0 unspecified atom stereocenters. The van der Waals surface area contributed by atoms with Gasteiger partial charge < -0.3 is 10.6 Å². The molecule has 74 valence electrons. The maximum Gasteiger partial charge on any atom is 0.429 e. The number of carbonyl (C=O) groups excluding carboxylic acids is 3. The third kappa shape index (κ3) is 4.09. The van der Waals surface area contributed by atoms with E-state index in [9.17, 15) is 14.4 Å². The van der Waals surface area contributed by atoms with Crippen LogP contribution < -0.4 is 5.73 Å². The molecule has 0 rings (SSSR count). The van der Waals surface area contributed by atoms with Crippen LogP contribution in [0.5, 0.6) is 0 Å². The molecule has 3 amide bonds. The van der Waals surface area contributed by atoms with Gasteiger partial charge in [-0.25, -0.2) is 4.79 Å². The Kier molecular flexibility index (Phi) is 4.50. The van der Waals surface area contributed by atoms with Crippen LogP contribution in [0.2, 0.25) is 0 Å². The summed E-state index contributed by atoms with van der Waals surface area (Å²) in [5.41, 5.74) is 4.66. The van der Waals surface area contributed by atoms with Gasteiger partial charge in [-0.2, -0.15) is 0 Å². The van der Waals surface area contributed by atoms with Gasteiger partial charge in [0.05, 0.1) is 0 Å². The zero-order valence-corrected chi connectivity index (χ0v) is 7.57. The Hall–Kier alpha value is -1.59. The summed E-state index contributed by atoms with van der Waals surface area (Å²) in [6.07, 6.45) is -0.489. The highest BCUT2D eigenvalue weighted by Gasteiger charge is 2.20. The summed E-state index contributed by atoms with van der Waals surface area (Å²) in [4.78, 5) is 36.3. The van der Waals surface area contributed by atoms with Gasteiger partial charge >= 0.3 is 6.09 Å². The highest BCUT2D eigenvalue weighted by atomic mass is 16.7. The van der Waals surface area contributed by atoms with Crippen molar-refractivity contribution in [3.63, 3.8) is 0 Å². The lowest BCUT2D eigenvalue weighted by atomic mass is 10.3. The molecule has 0 aliphatic heterocycles. The quantitative estimate of drug-likeness (QED) is 0.625. The maximum atomic E-state index is 11.1. The zero-order valence-electron chi connectivity index (χ0n) is 7.57. The third-order valence-electron chi connectivity index (χ3n) is 1.16. The standard InChI is InChI=1S/C7H12N2O4/c1-3-4-6(11)9(5(2)10)13-7(8)12/h3-4H2,1-2H3,(H2,8,12). The highest BCUT2D eigenvalue weighted by Crippen LogP contribution is 1.99. The van der Waals surface area contributed by atoms with Crippen molar-refractivity contribution in [3.8, 4) is 0 Å². The fourth-order valence-electron chi connectivity index (χ4n) is 0.696. The van der Waals surface area contributed by atoms with Gasteiger partial charge in [-0.15, -0.1) is 5.06 Å². The minimum absolute atomic E-state index is 0.132. The normalized spacial score (nSPS) is 9.08. The predicted molar refractivity (Wildman–Crippen MR) is 43.1 cm³/mol. The summed E-state index contributed by atoms with van der Waals surface area (Å²) < 4.78 is 0. The molecule has 0 spiro atoms. The second-order valence-electron chi connectivity index (χ2n) is 2.37. The molecule has 0 aliphatic carbocycles. The molecule has 0 fully saturated rings. The Morgan fingerprint density at radius 2 is 1.92 bits per heavy atom. The zero-order chi connectivity index (χ0) is 10.4. The molecule has 0 heterocycles. The molecule has 0 aromatic carbocycles. The van der Waals surface area contributed by atoms with E-state index in [2.05, 4.69) is 10.6 Å². The first-order valence-electron chi connectivity index (χ1n) is 3.80. The lowest BCUT2D eigenvalue weighted by Crippen LogP contribution is -2.38. The average Bonchev–Trinajstić information content (AvgIpc) is 1.99. The molecule has 0 aromatic heterocycles. The van der Waals surface area contributed by atoms with E-state index >= 15 is 0 Å². The van der Waals surface area contributed by atoms with Crippen LogP contribution in [0, 0.1) is 0 Å². The molecular formula is C7H12N2O4. The van der Waals surface area contributed by atoms with Gasteiger partial charge in [0.2, 0.25) is 0 Å². The van der Waals surface area contributed by atoms with Gasteiger partial charge in [0, 0.05) is 13.3 Å². The molecule has 0 atom stereocenters. The van der Waals surface area contributed by atoms with Gasteiger partial charge in [-0.3, -0.25) is 9.59 Å². The monoisotopic (exact) mass is 188 g/mol. The minimum Gasteiger partial charge on any atom is -0.333 e. The molecule has 2 N–H and O–H groups in total. The maximum absolute atomic E-state index is 11.1. The van der Waals surface area contributed by atoms with Crippen molar-refractivity contribution in [2.75, 3.05) is 0 Å². The topological polar surface area (TPSA) is 89.7 Å². The molecule has 13 heavy (non-hydrogen) atoms. The molecule has 6 heteroatoms. The first-order valence-corrected chi connectivity index (χ1v) is 3.80. The lowest BCUT2D eigenvalue weighted by Gasteiger charge is -2.15. The van der Waals surface area contributed by atoms with E-state index in [1.54, 1.807) is 6.92 Å². The van der Waals surface area contributed by atoms with Gasteiger partial charge in [-0.05, 0) is 6.42 Å². The molecule has 6 nitrogen and oxygen atoms in total. The van der Waals surface area contributed by atoms with E-state index in [0.29, 0.717) is 11.5 Å². The van der Waals surface area contributed by atoms with Crippen LogP contribution >= 0.6 is 0 Å². The van der Waals surface area contributed by atoms with Crippen LogP contribution in [0.25, 0.3) is 0 Å². The molecule has 0 bridgehead atoms. The molecule has 0 saturated carbocycles. The molecule has 0 aliphatic rings. The summed E-state index contributed by atoms with van der Waals surface area (Å²) >= 11 is 0. The van der Waals surface area contributed by atoms with Crippen molar-refractivity contribution in [1.29, 1.82) is 0 Å². The summed E-state index contributed by atoms with van der Waals surface area (Å²) in [5.74, 6) is -1.24. The number of imide groups is 1. The number of rotatable bonds is 2. The van der Waals surface area contributed by atoms with Crippen LogP contribution in [-0.4, -0.2) is 23.0 Å². The Morgan fingerprint density at radius 1 is 1.38 bits per heavy atom. The smallest absolute Gasteiger partial charge is 0.333 e. The van der Waals surface area contributed by atoms with Crippen molar-refractivity contribution >= 4 is 17.9 Å². The van der Waals surface area contributed by atoms with Gasteiger partial charge in [0.15, 0.2) is 0 Å². The van der Waals surface area contributed by atoms with Crippen molar-refractivity contribution in [1.82, 2.24) is 5.06 Å². The largest absolute Gasteiger partial charge is 0.429 e. The SMILES string of the molecule is CCCC(=O)N(OC(N)=O)C(C)=O. The van der Waals surface area contributed by atoms with Crippen molar-refractivity contribution in [3.05, 3.63) is 0 Å². The van der Waals surface area contributed by atoms with Gasteiger partial charge in [-0.1, -0.05) is 6.92 Å². The first kappa shape index (κ1) is 11.4. The van der Waals surface area contributed by atoms with E-state index in [1.807, 2.05) is 0 Å². The average molecular weight is 188 g/mol. The number of hydroxylamine groups is 2. The van der Waals surface area contributed by atoms with Gasteiger partial charge in [0.25, 0.3) is 11.8 Å². The second-order valence-corrected chi connectivity index (χ2v) is 2.37. The lowest BCUT2D eigenvalue weighted by molar-refractivity contribution is -0.177. The van der Waals surface area contributed by atoms with Crippen molar-refractivity contribution < 1.29 is 19.2 Å². The summed E-state index contributed by atoms with van der Waals surface area (Å²) in [5, 5.41) is 0.367. The number of primary amides is 1. The van der Waals surface area contributed by atoms with Crippen molar-refractivity contribution in [2.24, 2.45) is 5.73 Å². The van der Waals surface area contributed by atoms with E-state index in [-0.39, 0.29) is 6.42 Å². The number of amides is 3. The number of hydrogen-bond donors (Lipinski definition) is 1. The Bertz CT molecular complexity index is 227. The van der Waals surface area contributed by atoms with E-state index in [1.165, 1.54) is 0 Å². The number of hydrogen-bond acceptors (Lipinski definition) is 4. The fraction of sp³-hybridized carbons (Fsp3) is 0.571. The minimum atomic E-state index is -1.18. The Morgan fingerprint density at radius 3 is 2.23 bits per heavy atom. The predicted octanol–water partition coefficient (Wildman–Crippen LogP) is 0.172. The number of carbonyl (C=O) groups is 3. The number of nitrogens with zero attached hydrogens (tertiary/aromatic N) is 1. The second kappa shape index (κ2) is 5.13. The van der Waals surface area contributed by atoms with Crippen LogP contribution in [-0.2, 0) is 14.4 Å². The van der Waals surface area contributed by atoms with E-state index in [4.69, 9.17) is 0 Å². The van der Waals surface area contributed by atoms with Crippen LogP contribution in [0.3, 0.4) is 0 Å². The van der Waals surface area contributed by atoms with Crippen molar-refractivity contribution in [2.45, 2.75) is 26.7 Å². The number of nitrogens with two attached hydrogens (primary N) is 1. The summed E-state index contributed by atoms with van der Waals surface area (Å²) in [7, 11) is 0. The third-order valence-corrected chi connectivity index (χ3v) is 1.16. The fourth-order valence-corrected chi connectivity index (χ4v) is 0.696. The molecular weight excluding hydrogens is 176 g/mol. The molecule has 0 saturated heterocycles. The molecule has 0 aromatic rings. The Labute approximate surface area is 75.6 Å². The van der Waals surface area contributed by atoms with Crippen LogP contribution in [0.15, 0.2) is 0 Å². The van der Waals surface area contributed by atoms with Crippen LogP contribution in [0.1, 0.15) is 26.7 Å².